The summed E-state index contributed by atoms with van der Waals surface area (Å²) in [5, 5.41) is 14.4. The average Bonchev–Trinajstić information content (AvgIpc) is 2.40. The minimum atomic E-state index is -0.479. The topological polar surface area (TPSA) is 102 Å². The van der Waals surface area contributed by atoms with Crippen molar-refractivity contribution in [1.29, 1.82) is 0 Å². The van der Waals surface area contributed by atoms with Gasteiger partial charge in [-0.15, -0.1) is 0 Å². The lowest BCUT2D eigenvalue weighted by Crippen LogP contribution is -2.43. The summed E-state index contributed by atoms with van der Waals surface area (Å²) in [6.45, 7) is 1.72. The maximum absolute atomic E-state index is 11.1. The third kappa shape index (κ3) is 4.05. The van der Waals surface area contributed by atoms with Crippen LogP contribution in [-0.2, 0) is 4.79 Å². The number of piperidine rings is 1. The van der Waals surface area contributed by atoms with Crippen molar-refractivity contribution < 1.29 is 9.72 Å². The second kappa shape index (κ2) is 6.73. The lowest BCUT2D eigenvalue weighted by atomic mass is 10.0. The summed E-state index contributed by atoms with van der Waals surface area (Å²) in [5.41, 5.74) is 5.50. The van der Waals surface area contributed by atoms with Gasteiger partial charge in [0.2, 0.25) is 5.91 Å². The zero-order valence-electron chi connectivity index (χ0n) is 11.4. The van der Waals surface area contributed by atoms with Crippen LogP contribution in [0.15, 0.2) is 18.2 Å². The Kier molecular flexibility index (Phi) is 4.98. The van der Waals surface area contributed by atoms with Gasteiger partial charge < -0.3 is 11.1 Å². The molecule has 114 valence electrons. The van der Waals surface area contributed by atoms with E-state index in [9.17, 15) is 14.9 Å². The molecule has 1 amide bonds. The smallest absolute Gasteiger partial charge is 0.310 e. The van der Waals surface area contributed by atoms with Gasteiger partial charge in [0.05, 0.1) is 11.5 Å². The molecular formula is C13H17ClN4O3. The van der Waals surface area contributed by atoms with Gasteiger partial charge in [-0.1, -0.05) is 17.7 Å². The van der Waals surface area contributed by atoms with Gasteiger partial charge in [-0.2, -0.15) is 0 Å². The van der Waals surface area contributed by atoms with E-state index in [1.165, 1.54) is 6.07 Å². The number of halogens is 1. The Morgan fingerprint density at radius 2 is 2.14 bits per heavy atom. The Bertz CT molecular complexity index is 544. The molecule has 1 aliphatic rings. The summed E-state index contributed by atoms with van der Waals surface area (Å²) in [6, 6.07) is 4.95. The number of rotatable bonds is 5. The summed E-state index contributed by atoms with van der Waals surface area (Å²) in [4.78, 5) is 23.5. The number of carbonyl (C=O) groups excluding carboxylic acids is 1. The van der Waals surface area contributed by atoms with Crippen LogP contribution < -0.4 is 11.1 Å². The van der Waals surface area contributed by atoms with Crippen molar-refractivity contribution >= 4 is 28.9 Å². The van der Waals surface area contributed by atoms with E-state index < -0.39 is 4.92 Å². The van der Waals surface area contributed by atoms with Crippen LogP contribution in [-0.4, -0.2) is 41.4 Å². The number of primary amides is 1. The monoisotopic (exact) mass is 312 g/mol. The van der Waals surface area contributed by atoms with Crippen LogP contribution in [0.4, 0.5) is 11.4 Å². The molecule has 0 aromatic heterocycles. The second-order valence-corrected chi connectivity index (χ2v) is 5.46. The summed E-state index contributed by atoms with van der Waals surface area (Å²) in [6.07, 6.45) is 1.58. The van der Waals surface area contributed by atoms with Crippen LogP contribution in [0.2, 0.25) is 5.02 Å². The highest BCUT2D eigenvalue weighted by molar-refractivity contribution is 6.33. The number of para-hydroxylation sites is 1. The molecule has 1 aromatic carbocycles. The van der Waals surface area contributed by atoms with E-state index in [-0.39, 0.29) is 29.2 Å². The number of nitro groups is 1. The molecule has 1 heterocycles. The highest BCUT2D eigenvalue weighted by Gasteiger charge is 2.24. The van der Waals surface area contributed by atoms with Crippen LogP contribution in [0.5, 0.6) is 0 Å². The Morgan fingerprint density at radius 3 is 2.71 bits per heavy atom. The molecule has 21 heavy (non-hydrogen) atoms. The van der Waals surface area contributed by atoms with Gasteiger partial charge in [-0.25, -0.2) is 0 Å². The van der Waals surface area contributed by atoms with E-state index in [2.05, 4.69) is 5.32 Å². The van der Waals surface area contributed by atoms with Crippen molar-refractivity contribution in [2.75, 3.05) is 25.0 Å². The maximum Gasteiger partial charge on any atom is 0.310 e. The third-order valence-corrected chi connectivity index (χ3v) is 3.80. The standard InChI is InChI=1S/C13H17ClN4O3/c14-10-2-1-3-11(13(10)18(20)21)16-9-4-6-17(7-5-9)8-12(15)19/h1-3,9,16H,4-8H2,(H2,15,19). The number of nitro benzene ring substituents is 1. The molecule has 1 fully saturated rings. The molecule has 1 aromatic rings. The van der Waals surface area contributed by atoms with Gasteiger partial charge in [-0.05, 0) is 25.0 Å². The van der Waals surface area contributed by atoms with E-state index in [4.69, 9.17) is 17.3 Å². The van der Waals surface area contributed by atoms with E-state index in [0.717, 1.165) is 25.9 Å². The number of hydrogen-bond donors (Lipinski definition) is 2. The van der Waals surface area contributed by atoms with Gasteiger partial charge in [0.1, 0.15) is 10.7 Å². The van der Waals surface area contributed by atoms with Crippen LogP contribution >= 0.6 is 11.6 Å². The maximum atomic E-state index is 11.1. The molecule has 0 bridgehead atoms. The average molecular weight is 313 g/mol. The van der Waals surface area contributed by atoms with Gasteiger partial charge in [0.15, 0.2) is 0 Å². The molecule has 0 spiro atoms. The normalized spacial score (nSPS) is 16.6. The highest BCUT2D eigenvalue weighted by Crippen LogP contribution is 2.33. The number of nitrogens with two attached hydrogens (primary N) is 1. The molecule has 7 nitrogen and oxygen atoms in total. The number of benzene rings is 1. The minimum Gasteiger partial charge on any atom is -0.377 e. The SMILES string of the molecule is NC(=O)CN1CCC(Nc2cccc(Cl)c2[N+](=O)[O-])CC1. The molecule has 1 aliphatic heterocycles. The van der Waals surface area contributed by atoms with E-state index in [0.29, 0.717) is 5.69 Å². The molecule has 1 saturated heterocycles. The molecular weight excluding hydrogens is 296 g/mol. The molecule has 2 rings (SSSR count). The number of likely N-dealkylation sites (tertiary alicyclic amines) is 1. The molecule has 0 saturated carbocycles. The molecule has 0 atom stereocenters. The molecule has 8 heteroatoms. The Balaban J connectivity index is 1.99. The van der Waals surface area contributed by atoms with Gasteiger partial charge in [0.25, 0.3) is 0 Å². The molecule has 3 N–H and O–H groups in total. The quantitative estimate of drug-likeness (QED) is 0.635. The lowest BCUT2D eigenvalue weighted by molar-refractivity contribution is -0.383. The lowest BCUT2D eigenvalue weighted by Gasteiger charge is -2.31. The van der Waals surface area contributed by atoms with E-state index >= 15 is 0 Å². The molecule has 0 radical (unpaired) electrons. The van der Waals surface area contributed by atoms with Gasteiger partial charge >= 0.3 is 5.69 Å². The molecule has 0 aliphatic carbocycles. The van der Waals surface area contributed by atoms with Crippen molar-refractivity contribution in [2.24, 2.45) is 5.73 Å². The third-order valence-electron chi connectivity index (χ3n) is 3.50. The summed E-state index contributed by atoms with van der Waals surface area (Å²) in [7, 11) is 0. The first kappa shape index (κ1) is 15.5. The Hall–Kier alpha value is -1.86. The molecule has 0 unspecified atom stereocenters. The first-order chi connectivity index (χ1) is 9.97. The fraction of sp³-hybridized carbons (Fsp3) is 0.462. The Labute approximate surface area is 127 Å². The van der Waals surface area contributed by atoms with Crippen LogP contribution in [0.25, 0.3) is 0 Å². The predicted molar refractivity (Wildman–Crippen MR) is 80.4 cm³/mol. The number of nitrogens with zero attached hydrogens (tertiary/aromatic N) is 2. The zero-order chi connectivity index (χ0) is 15.4. The van der Waals surface area contributed by atoms with Crippen LogP contribution in [0.3, 0.4) is 0 Å². The van der Waals surface area contributed by atoms with Crippen molar-refractivity contribution in [3.05, 3.63) is 33.3 Å². The van der Waals surface area contributed by atoms with E-state index in [1.807, 2.05) is 4.90 Å². The predicted octanol–water partition coefficient (Wildman–Crippen LogP) is 1.61. The number of hydrogen-bond acceptors (Lipinski definition) is 5. The van der Waals surface area contributed by atoms with Gasteiger partial charge in [0, 0.05) is 19.1 Å². The van der Waals surface area contributed by atoms with Crippen molar-refractivity contribution in [3.63, 3.8) is 0 Å². The first-order valence-corrected chi connectivity index (χ1v) is 7.05. The number of amides is 1. The minimum absolute atomic E-state index is 0.0984. The second-order valence-electron chi connectivity index (χ2n) is 5.05. The van der Waals surface area contributed by atoms with Crippen molar-refractivity contribution in [3.8, 4) is 0 Å². The number of nitrogens with one attached hydrogen (secondary N) is 1. The van der Waals surface area contributed by atoms with Gasteiger partial charge in [-0.3, -0.25) is 19.8 Å². The summed E-state index contributed by atoms with van der Waals surface area (Å²) < 4.78 is 0. The highest BCUT2D eigenvalue weighted by atomic mass is 35.5. The van der Waals surface area contributed by atoms with Crippen LogP contribution in [0, 0.1) is 10.1 Å². The zero-order valence-corrected chi connectivity index (χ0v) is 12.2. The largest absolute Gasteiger partial charge is 0.377 e. The van der Waals surface area contributed by atoms with Crippen molar-refractivity contribution in [2.45, 2.75) is 18.9 Å². The number of anilines is 1. The Morgan fingerprint density at radius 1 is 1.48 bits per heavy atom. The fourth-order valence-electron chi connectivity index (χ4n) is 2.49. The summed E-state index contributed by atoms with van der Waals surface area (Å²) in [5.74, 6) is -0.341. The van der Waals surface area contributed by atoms with E-state index in [1.54, 1.807) is 12.1 Å². The first-order valence-electron chi connectivity index (χ1n) is 6.67. The fourth-order valence-corrected chi connectivity index (χ4v) is 2.74. The number of carbonyl (C=O) groups is 1. The van der Waals surface area contributed by atoms with Crippen LogP contribution in [0.1, 0.15) is 12.8 Å². The summed E-state index contributed by atoms with van der Waals surface area (Å²) >= 11 is 5.88. The van der Waals surface area contributed by atoms with Crippen molar-refractivity contribution in [1.82, 2.24) is 4.90 Å².